The molecule has 0 bridgehead atoms. The summed E-state index contributed by atoms with van der Waals surface area (Å²) in [4.78, 5) is 12.4. The first-order valence-electron chi connectivity index (χ1n) is 8.73. The second-order valence-corrected chi connectivity index (χ2v) is 8.55. The number of rotatable bonds is 8. The van der Waals surface area contributed by atoms with Gasteiger partial charge in [-0.1, -0.05) is 17.7 Å². The van der Waals surface area contributed by atoms with Crippen molar-refractivity contribution in [2.45, 2.75) is 31.7 Å². The number of methoxy groups -OCH3 is 1. The van der Waals surface area contributed by atoms with Crippen molar-refractivity contribution >= 4 is 27.6 Å². The Kier molecular flexibility index (Phi) is 6.40. The van der Waals surface area contributed by atoms with Crippen LogP contribution in [0, 0.1) is 0 Å². The second-order valence-electron chi connectivity index (χ2n) is 6.07. The molecule has 0 unspecified atom stereocenters. The maximum Gasteiger partial charge on any atom is 0.240 e. The van der Waals surface area contributed by atoms with E-state index in [1.807, 2.05) is 13.0 Å². The predicted molar refractivity (Wildman–Crippen MR) is 108 cm³/mol. The van der Waals surface area contributed by atoms with Crippen LogP contribution in [-0.2, 0) is 21.3 Å². The molecule has 0 fully saturated rings. The van der Waals surface area contributed by atoms with Crippen molar-refractivity contribution < 1.29 is 13.2 Å². The molecule has 0 spiro atoms. The van der Waals surface area contributed by atoms with E-state index in [-0.39, 0.29) is 11.8 Å². The van der Waals surface area contributed by atoms with Crippen LogP contribution in [0.15, 0.2) is 36.8 Å². The number of ether oxygens (including phenoxy) is 1. The van der Waals surface area contributed by atoms with Crippen LogP contribution in [-0.4, -0.2) is 50.5 Å². The molecule has 0 amide bonds. The highest BCUT2D eigenvalue weighted by Crippen LogP contribution is 2.25. The van der Waals surface area contributed by atoms with Gasteiger partial charge in [0.1, 0.15) is 17.0 Å². The van der Waals surface area contributed by atoms with Crippen molar-refractivity contribution in [2.24, 2.45) is 0 Å². The Morgan fingerprint density at radius 2 is 1.93 bits per heavy atom. The average molecular weight is 438 g/mol. The molecule has 0 aliphatic heterocycles. The molecule has 3 aromatic heterocycles. The molecular weight excluding hydrogens is 418 g/mol. The Labute approximate surface area is 173 Å². The van der Waals surface area contributed by atoms with Crippen LogP contribution in [0.25, 0.3) is 11.5 Å². The standard InChI is InChI=1S/C17H20ClN7O3S/c1-4-25-16(13-7-5-6-8-19-13)22-23-17(25)24-29(26,27)11(2)14(28-3)15-20-9-12(18)10-21-15/h5-11,14H,4H2,1-3H3,(H,23,24)/t11-,14-/m0/s1. The number of hydrogen-bond donors (Lipinski definition) is 1. The molecule has 0 aromatic carbocycles. The molecule has 3 rings (SSSR count). The lowest BCUT2D eigenvalue weighted by Gasteiger charge is -2.22. The fourth-order valence-corrected chi connectivity index (χ4v) is 3.97. The van der Waals surface area contributed by atoms with E-state index in [2.05, 4.69) is 29.9 Å². The summed E-state index contributed by atoms with van der Waals surface area (Å²) in [5, 5.41) is 7.40. The van der Waals surface area contributed by atoms with E-state index in [0.717, 1.165) is 0 Å². The van der Waals surface area contributed by atoms with Crippen molar-refractivity contribution in [1.82, 2.24) is 29.7 Å². The molecule has 12 heteroatoms. The van der Waals surface area contributed by atoms with Crippen molar-refractivity contribution in [3.8, 4) is 11.5 Å². The van der Waals surface area contributed by atoms with Gasteiger partial charge in [0.15, 0.2) is 11.6 Å². The molecule has 0 saturated heterocycles. The fraction of sp³-hybridized carbons (Fsp3) is 0.353. The molecule has 0 radical (unpaired) electrons. The van der Waals surface area contributed by atoms with E-state index < -0.39 is 21.4 Å². The summed E-state index contributed by atoms with van der Waals surface area (Å²) in [6.45, 7) is 3.80. The third kappa shape index (κ3) is 4.52. The molecule has 0 aliphatic rings. The lowest BCUT2D eigenvalue weighted by Crippen LogP contribution is -2.33. The smallest absolute Gasteiger partial charge is 0.240 e. The summed E-state index contributed by atoms with van der Waals surface area (Å²) < 4.78 is 35.5. The monoisotopic (exact) mass is 437 g/mol. The van der Waals surface area contributed by atoms with Gasteiger partial charge in [0.25, 0.3) is 0 Å². The average Bonchev–Trinajstić information content (AvgIpc) is 3.12. The summed E-state index contributed by atoms with van der Waals surface area (Å²) >= 11 is 5.80. The molecule has 1 N–H and O–H groups in total. The topological polar surface area (TPSA) is 125 Å². The number of anilines is 1. The predicted octanol–water partition coefficient (Wildman–Crippen LogP) is 2.32. The fourth-order valence-electron chi connectivity index (χ4n) is 2.72. The second kappa shape index (κ2) is 8.80. The van der Waals surface area contributed by atoms with Crippen LogP contribution in [0.1, 0.15) is 25.8 Å². The van der Waals surface area contributed by atoms with Crippen LogP contribution in [0.5, 0.6) is 0 Å². The largest absolute Gasteiger partial charge is 0.372 e. The number of nitrogens with one attached hydrogen (secondary N) is 1. The van der Waals surface area contributed by atoms with Gasteiger partial charge in [-0.3, -0.25) is 14.3 Å². The summed E-state index contributed by atoms with van der Waals surface area (Å²) in [5.41, 5.74) is 0.588. The first kappa shape index (κ1) is 21.1. The zero-order chi connectivity index (χ0) is 21.0. The highest BCUT2D eigenvalue weighted by molar-refractivity contribution is 7.93. The SMILES string of the molecule is CCn1c(NS(=O)(=O)[C@@H](C)[C@H](OC)c2ncc(Cl)cn2)nnc1-c1ccccn1. The van der Waals surface area contributed by atoms with Gasteiger partial charge in [-0.05, 0) is 26.0 Å². The van der Waals surface area contributed by atoms with E-state index >= 15 is 0 Å². The molecule has 29 heavy (non-hydrogen) atoms. The van der Waals surface area contributed by atoms with E-state index in [1.165, 1.54) is 26.4 Å². The van der Waals surface area contributed by atoms with Gasteiger partial charge in [0, 0.05) is 32.2 Å². The molecule has 3 heterocycles. The zero-order valence-electron chi connectivity index (χ0n) is 16.0. The molecule has 154 valence electrons. The Bertz CT molecular complexity index is 1060. The summed E-state index contributed by atoms with van der Waals surface area (Å²) in [6.07, 6.45) is 3.49. The van der Waals surface area contributed by atoms with Crippen LogP contribution >= 0.6 is 11.6 Å². The maximum atomic E-state index is 13.0. The first-order chi connectivity index (χ1) is 13.9. The molecule has 10 nitrogen and oxygen atoms in total. The van der Waals surface area contributed by atoms with Crippen molar-refractivity contribution in [3.05, 3.63) is 47.6 Å². The van der Waals surface area contributed by atoms with Gasteiger partial charge in [-0.2, -0.15) is 0 Å². The molecule has 0 aliphatic carbocycles. The highest BCUT2D eigenvalue weighted by Gasteiger charge is 2.34. The van der Waals surface area contributed by atoms with Gasteiger partial charge < -0.3 is 4.74 Å². The summed E-state index contributed by atoms with van der Waals surface area (Å²) in [5.74, 6) is 0.760. The van der Waals surface area contributed by atoms with Gasteiger partial charge in [-0.15, -0.1) is 10.2 Å². The van der Waals surface area contributed by atoms with Gasteiger partial charge >= 0.3 is 0 Å². The Balaban J connectivity index is 1.88. The first-order valence-corrected chi connectivity index (χ1v) is 10.7. The van der Waals surface area contributed by atoms with Crippen molar-refractivity contribution in [2.75, 3.05) is 11.8 Å². The highest BCUT2D eigenvalue weighted by atomic mass is 35.5. The normalized spacial score (nSPS) is 13.8. The molecule has 2 atom stereocenters. The van der Waals surface area contributed by atoms with Crippen molar-refractivity contribution in [1.29, 1.82) is 0 Å². The zero-order valence-corrected chi connectivity index (χ0v) is 17.6. The maximum absolute atomic E-state index is 13.0. The van der Waals surface area contributed by atoms with E-state index in [0.29, 0.717) is 23.1 Å². The van der Waals surface area contributed by atoms with Crippen LogP contribution in [0.4, 0.5) is 5.95 Å². The summed E-state index contributed by atoms with van der Waals surface area (Å²) in [7, 11) is -2.52. The molecule has 0 saturated carbocycles. The lowest BCUT2D eigenvalue weighted by atomic mass is 10.2. The van der Waals surface area contributed by atoms with Crippen LogP contribution in [0.3, 0.4) is 0 Å². The van der Waals surface area contributed by atoms with Crippen LogP contribution < -0.4 is 4.72 Å². The summed E-state index contributed by atoms with van der Waals surface area (Å²) in [6, 6.07) is 5.37. The number of hydrogen-bond acceptors (Lipinski definition) is 8. The van der Waals surface area contributed by atoms with E-state index in [9.17, 15) is 8.42 Å². The third-order valence-corrected chi connectivity index (χ3v) is 6.15. The lowest BCUT2D eigenvalue weighted by molar-refractivity contribution is 0.0950. The van der Waals surface area contributed by atoms with Gasteiger partial charge in [-0.25, -0.2) is 18.4 Å². The minimum absolute atomic E-state index is 0.0897. The minimum atomic E-state index is -3.92. The number of nitrogens with zero attached hydrogens (tertiary/aromatic N) is 6. The Hall–Kier alpha value is -2.63. The minimum Gasteiger partial charge on any atom is -0.372 e. The number of sulfonamides is 1. The van der Waals surface area contributed by atoms with Gasteiger partial charge in [0.05, 0.1) is 5.02 Å². The third-order valence-electron chi connectivity index (χ3n) is 4.26. The Morgan fingerprint density at radius 1 is 1.21 bits per heavy atom. The number of aromatic nitrogens is 6. The number of pyridine rings is 1. The molecule has 3 aromatic rings. The Morgan fingerprint density at radius 3 is 2.52 bits per heavy atom. The van der Waals surface area contributed by atoms with E-state index in [1.54, 1.807) is 22.9 Å². The molecular formula is C17H20ClN7O3S. The van der Waals surface area contributed by atoms with E-state index in [4.69, 9.17) is 16.3 Å². The quantitative estimate of drug-likeness (QED) is 0.569. The van der Waals surface area contributed by atoms with Crippen LogP contribution in [0.2, 0.25) is 5.02 Å². The number of halogens is 1. The van der Waals surface area contributed by atoms with Crippen molar-refractivity contribution in [3.63, 3.8) is 0 Å². The van der Waals surface area contributed by atoms with Gasteiger partial charge in [0.2, 0.25) is 16.0 Å².